The van der Waals surface area contributed by atoms with Gasteiger partial charge in [0, 0.05) is 12.6 Å². The van der Waals surface area contributed by atoms with Crippen LogP contribution in [0.3, 0.4) is 0 Å². The first-order valence-electron chi connectivity index (χ1n) is 9.02. The second-order valence-electron chi connectivity index (χ2n) is 6.18. The first kappa shape index (κ1) is 20.8. The Morgan fingerprint density at radius 1 is 1.07 bits per heavy atom. The van der Waals surface area contributed by atoms with Crippen molar-refractivity contribution in [2.75, 3.05) is 16.6 Å². The number of rotatable bonds is 9. The lowest BCUT2D eigenvalue weighted by Crippen LogP contribution is -2.14. The maximum Gasteiger partial charge on any atom is 0.261 e. The fraction of sp³-hybridized carbons (Fsp3) is 0.350. The van der Waals surface area contributed by atoms with Crippen LogP contribution >= 0.6 is 0 Å². The highest BCUT2D eigenvalue weighted by Gasteiger charge is 2.17. The van der Waals surface area contributed by atoms with Gasteiger partial charge in [-0.1, -0.05) is 25.5 Å². The lowest BCUT2D eigenvalue weighted by molar-refractivity contribution is -0.114. The molecule has 0 spiro atoms. The average Bonchev–Trinajstić information content (AvgIpc) is 2.62. The molecule has 6 nitrogen and oxygen atoms in total. The Hall–Kier alpha value is -2.54. The molecule has 0 aliphatic rings. The zero-order valence-corrected chi connectivity index (χ0v) is 16.7. The fourth-order valence-corrected chi connectivity index (χ4v) is 3.66. The van der Waals surface area contributed by atoms with Crippen LogP contribution in [-0.4, -0.2) is 20.9 Å². The highest BCUT2D eigenvalue weighted by molar-refractivity contribution is 7.92. The molecule has 146 valence electrons. The van der Waals surface area contributed by atoms with E-state index in [2.05, 4.69) is 17.0 Å². The van der Waals surface area contributed by atoms with Crippen molar-refractivity contribution in [1.82, 2.24) is 0 Å². The van der Waals surface area contributed by atoms with Crippen LogP contribution in [0, 0.1) is 0 Å². The summed E-state index contributed by atoms with van der Waals surface area (Å²) in [4.78, 5) is 11.4. The summed E-state index contributed by atoms with van der Waals surface area (Å²) in [5, 5.41) is 2.61. The van der Waals surface area contributed by atoms with Gasteiger partial charge in [-0.05, 0) is 55.7 Å². The zero-order chi connectivity index (χ0) is 19.9. The van der Waals surface area contributed by atoms with E-state index in [-0.39, 0.29) is 10.8 Å². The van der Waals surface area contributed by atoms with Gasteiger partial charge in [0.15, 0.2) is 0 Å². The van der Waals surface area contributed by atoms with Crippen molar-refractivity contribution in [2.24, 2.45) is 0 Å². The van der Waals surface area contributed by atoms with Gasteiger partial charge in [0.2, 0.25) is 5.91 Å². The van der Waals surface area contributed by atoms with Gasteiger partial charge >= 0.3 is 0 Å². The predicted octanol–water partition coefficient (Wildman–Crippen LogP) is 4.19. The summed E-state index contributed by atoms with van der Waals surface area (Å²) < 4.78 is 33.4. The van der Waals surface area contributed by atoms with Crippen molar-refractivity contribution in [2.45, 2.75) is 44.9 Å². The highest BCUT2D eigenvalue weighted by atomic mass is 32.2. The Morgan fingerprint density at radius 3 is 2.37 bits per heavy atom. The van der Waals surface area contributed by atoms with Crippen LogP contribution in [0.2, 0.25) is 0 Å². The molecule has 0 radical (unpaired) electrons. The summed E-state index contributed by atoms with van der Waals surface area (Å²) in [6, 6.07) is 11.7. The molecule has 27 heavy (non-hydrogen) atoms. The molecule has 2 aromatic rings. The third-order valence-electron chi connectivity index (χ3n) is 3.90. The quantitative estimate of drug-likeness (QED) is 0.672. The predicted molar refractivity (Wildman–Crippen MR) is 108 cm³/mol. The van der Waals surface area contributed by atoms with Crippen LogP contribution in [-0.2, 0) is 21.2 Å². The van der Waals surface area contributed by atoms with E-state index in [1.807, 2.05) is 19.1 Å². The second kappa shape index (κ2) is 9.41. The van der Waals surface area contributed by atoms with Crippen molar-refractivity contribution in [3.63, 3.8) is 0 Å². The molecule has 7 heteroatoms. The van der Waals surface area contributed by atoms with Crippen LogP contribution < -0.4 is 14.8 Å². The van der Waals surface area contributed by atoms with E-state index in [4.69, 9.17) is 4.74 Å². The number of benzene rings is 2. The lowest BCUT2D eigenvalue weighted by atomic mass is 10.1. The van der Waals surface area contributed by atoms with E-state index in [1.54, 1.807) is 12.1 Å². The van der Waals surface area contributed by atoms with Crippen LogP contribution in [0.15, 0.2) is 47.4 Å². The largest absolute Gasteiger partial charge is 0.492 e. The molecular weight excluding hydrogens is 364 g/mol. The molecule has 0 heterocycles. The minimum Gasteiger partial charge on any atom is -0.492 e. The van der Waals surface area contributed by atoms with Crippen molar-refractivity contribution >= 4 is 27.3 Å². The topological polar surface area (TPSA) is 84.5 Å². The summed E-state index contributed by atoms with van der Waals surface area (Å²) in [6.45, 7) is 5.71. The number of amides is 1. The molecule has 0 atom stereocenters. The summed E-state index contributed by atoms with van der Waals surface area (Å²) in [7, 11) is -3.79. The van der Waals surface area contributed by atoms with E-state index >= 15 is 0 Å². The van der Waals surface area contributed by atoms with E-state index in [1.165, 1.54) is 30.7 Å². The summed E-state index contributed by atoms with van der Waals surface area (Å²) in [5.41, 5.74) is 1.99. The normalized spacial score (nSPS) is 11.1. The van der Waals surface area contributed by atoms with Crippen LogP contribution in [0.4, 0.5) is 11.4 Å². The van der Waals surface area contributed by atoms with Gasteiger partial charge in [-0.3, -0.25) is 9.52 Å². The minimum atomic E-state index is -3.79. The Morgan fingerprint density at radius 2 is 1.78 bits per heavy atom. The number of hydrogen-bond donors (Lipinski definition) is 2. The van der Waals surface area contributed by atoms with Crippen molar-refractivity contribution in [1.29, 1.82) is 0 Å². The molecular formula is C20H26N2O4S. The third-order valence-corrected chi connectivity index (χ3v) is 5.28. The van der Waals surface area contributed by atoms with Crippen molar-refractivity contribution in [3.8, 4) is 5.75 Å². The van der Waals surface area contributed by atoms with Gasteiger partial charge < -0.3 is 10.1 Å². The molecule has 0 aromatic heterocycles. The Labute approximate surface area is 161 Å². The molecule has 0 unspecified atom stereocenters. The Kier molecular flexibility index (Phi) is 7.24. The summed E-state index contributed by atoms with van der Waals surface area (Å²) >= 11 is 0. The van der Waals surface area contributed by atoms with Gasteiger partial charge in [0.25, 0.3) is 10.0 Å². The molecule has 0 aliphatic carbocycles. The SMILES string of the molecule is CCCCc1ccc(NS(=O)(=O)c2ccc(OCC)c(NC(C)=O)c2)cc1. The second-order valence-corrected chi connectivity index (χ2v) is 7.86. The molecule has 2 N–H and O–H groups in total. The van der Waals surface area contributed by atoms with E-state index < -0.39 is 10.0 Å². The molecule has 0 fully saturated rings. The first-order chi connectivity index (χ1) is 12.9. The number of anilines is 2. The number of carbonyl (C=O) groups excluding carboxylic acids is 1. The molecule has 1 amide bonds. The number of sulfonamides is 1. The number of aryl methyl sites for hydroxylation is 1. The van der Waals surface area contributed by atoms with Gasteiger partial charge in [-0.15, -0.1) is 0 Å². The Balaban J connectivity index is 2.23. The van der Waals surface area contributed by atoms with Gasteiger partial charge in [-0.2, -0.15) is 0 Å². The third kappa shape index (κ3) is 5.99. The highest BCUT2D eigenvalue weighted by Crippen LogP contribution is 2.29. The molecule has 0 aliphatic heterocycles. The maximum absolute atomic E-state index is 12.7. The Bertz CT molecular complexity index is 877. The molecule has 2 rings (SSSR count). The first-order valence-corrected chi connectivity index (χ1v) is 10.5. The molecule has 0 saturated heterocycles. The molecule has 0 bridgehead atoms. The van der Waals surface area contributed by atoms with Gasteiger partial charge in [0.1, 0.15) is 5.75 Å². The average molecular weight is 391 g/mol. The lowest BCUT2D eigenvalue weighted by Gasteiger charge is -2.14. The summed E-state index contributed by atoms with van der Waals surface area (Å²) in [5.74, 6) is 0.119. The number of ether oxygens (including phenoxy) is 1. The van der Waals surface area contributed by atoms with Crippen molar-refractivity contribution in [3.05, 3.63) is 48.0 Å². The van der Waals surface area contributed by atoms with Gasteiger partial charge in [0.05, 0.1) is 17.2 Å². The van der Waals surface area contributed by atoms with Crippen molar-refractivity contribution < 1.29 is 17.9 Å². The summed E-state index contributed by atoms with van der Waals surface area (Å²) in [6.07, 6.45) is 3.19. The monoisotopic (exact) mass is 390 g/mol. The van der Waals surface area contributed by atoms with Crippen LogP contribution in [0.1, 0.15) is 39.2 Å². The number of hydrogen-bond acceptors (Lipinski definition) is 4. The standard InChI is InChI=1S/C20H26N2O4S/c1-4-6-7-16-8-10-17(11-9-16)22-27(24,25)18-12-13-20(26-5-2)19(14-18)21-15(3)23/h8-14,22H,4-7H2,1-3H3,(H,21,23). The maximum atomic E-state index is 12.7. The fourth-order valence-electron chi connectivity index (χ4n) is 2.58. The zero-order valence-electron chi connectivity index (χ0n) is 15.9. The smallest absolute Gasteiger partial charge is 0.261 e. The van der Waals surface area contributed by atoms with Gasteiger partial charge in [-0.25, -0.2) is 8.42 Å². The van der Waals surface area contributed by atoms with E-state index in [9.17, 15) is 13.2 Å². The molecule has 0 saturated carbocycles. The number of nitrogens with one attached hydrogen (secondary N) is 2. The van der Waals surface area contributed by atoms with Crippen LogP contribution in [0.5, 0.6) is 5.75 Å². The van der Waals surface area contributed by atoms with E-state index in [0.717, 1.165) is 19.3 Å². The number of carbonyl (C=O) groups is 1. The van der Waals surface area contributed by atoms with E-state index in [0.29, 0.717) is 23.7 Å². The minimum absolute atomic E-state index is 0.0461. The van der Waals surface area contributed by atoms with Crippen LogP contribution in [0.25, 0.3) is 0 Å². The number of unbranched alkanes of at least 4 members (excludes halogenated alkanes) is 1. The molecule has 2 aromatic carbocycles.